The number of ether oxygens (including phenoxy) is 2. The first-order valence-electron chi connectivity index (χ1n) is 20.3. The van der Waals surface area contributed by atoms with Gasteiger partial charge in [-0.25, -0.2) is 18.4 Å². The zero-order valence-corrected chi connectivity index (χ0v) is 36.3. The molecule has 2 saturated heterocycles. The average Bonchev–Trinajstić information content (AvgIpc) is 4.08. The third kappa shape index (κ3) is 8.91. The van der Waals surface area contributed by atoms with Crippen LogP contribution in [0.4, 0.5) is 5.13 Å². The number of thiazole rings is 1. The Morgan fingerprint density at radius 3 is 2.42 bits per heavy atom. The molecule has 2 aliphatic carbocycles. The molecule has 5 atom stereocenters. The number of carbonyl (C=O) groups excluding carboxylic acids is 4. The number of likely N-dealkylation sites (tertiary alicyclic amines) is 2. The lowest BCUT2D eigenvalue weighted by molar-refractivity contribution is -0.148. The van der Waals surface area contributed by atoms with Crippen LogP contribution in [0.3, 0.4) is 0 Å². The lowest BCUT2D eigenvalue weighted by atomic mass is 9.77. The Morgan fingerprint density at radius 2 is 1.81 bits per heavy atom. The second-order valence-corrected chi connectivity index (χ2v) is 20.3. The molecule has 4 fully saturated rings. The molecule has 1 unspecified atom stereocenters. The fraction of sp³-hybridized carbons (Fsp3) is 0.571. The van der Waals surface area contributed by atoms with E-state index >= 15 is 0 Å². The second-order valence-electron chi connectivity index (χ2n) is 17.5. The van der Waals surface area contributed by atoms with Crippen LogP contribution < -0.4 is 24.4 Å². The molecule has 0 radical (unpaired) electrons. The molecule has 2 aliphatic heterocycles. The zero-order valence-electron chi connectivity index (χ0n) is 34.7. The molecule has 2 aromatic heterocycles. The lowest BCUT2D eigenvalue weighted by Crippen LogP contribution is -2.57. The topological polar surface area (TPSA) is 180 Å². The number of aromatic nitrogens is 2. The molecule has 7 rings (SSSR count). The summed E-state index contributed by atoms with van der Waals surface area (Å²) in [5.74, 6) is -2.13. The molecular weight excluding hydrogens is 795 g/mol. The summed E-state index contributed by atoms with van der Waals surface area (Å²) in [5.41, 5.74) is -0.393. The van der Waals surface area contributed by atoms with Crippen molar-refractivity contribution in [3.8, 4) is 22.9 Å². The van der Waals surface area contributed by atoms with Crippen molar-refractivity contribution in [3.05, 3.63) is 42.3 Å². The molecule has 4 heterocycles. The molecule has 0 bridgehead atoms. The van der Waals surface area contributed by atoms with Crippen molar-refractivity contribution in [3.63, 3.8) is 0 Å². The van der Waals surface area contributed by atoms with Gasteiger partial charge in [0.15, 0.2) is 5.13 Å². The number of amides is 4. The van der Waals surface area contributed by atoms with Gasteiger partial charge in [0, 0.05) is 68.8 Å². The van der Waals surface area contributed by atoms with Crippen LogP contribution in [0.1, 0.15) is 72.1 Å². The first-order chi connectivity index (χ1) is 27.9. The fourth-order valence-electron chi connectivity index (χ4n) is 8.10. The molecule has 17 heteroatoms. The summed E-state index contributed by atoms with van der Waals surface area (Å²) in [5, 5.41) is 5.63. The van der Waals surface area contributed by atoms with E-state index in [0.717, 1.165) is 24.4 Å². The molecule has 1 aromatic carbocycles. The van der Waals surface area contributed by atoms with Gasteiger partial charge in [-0.1, -0.05) is 26.8 Å². The zero-order chi connectivity index (χ0) is 42.4. The van der Waals surface area contributed by atoms with Crippen molar-refractivity contribution in [2.75, 3.05) is 45.7 Å². The number of piperidine rings is 1. The summed E-state index contributed by atoms with van der Waals surface area (Å²) in [4.78, 5) is 71.7. The van der Waals surface area contributed by atoms with Crippen molar-refractivity contribution < 1.29 is 37.1 Å². The summed E-state index contributed by atoms with van der Waals surface area (Å²) in [6.07, 6.45) is 4.82. The number of nitrogens with one attached hydrogen (secondary N) is 2. The maximum atomic E-state index is 14.9. The minimum absolute atomic E-state index is 0.0122. The van der Waals surface area contributed by atoms with Gasteiger partial charge < -0.3 is 29.5 Å². The van der Waals surface area contributed by atoms with Crippen LogP contribution in [0, 0.1) is 17.3 Å². The van der Waals surface area contributed by atoms with Gasteiger partial charge in [-0.3, -0.25) is 23.9 Å². The van der Waals surface area contributed by atoms with E-state index in [9.17, 15) is 27.6 Å². The third-order valence-corrected chi connectivity index (χ3v) is 14.8. The number of carbonyl (C=O) groups is 4. The Morgan fingerprint density at radius 1 is 1.08 bits per heavy atom. The number of hydrogen-bond donors (Lipinski definition) is 2. The van der Waals surface area contributed by atoms with Crippen LogP contribution in [0.25, 0.3) is 22.3 Å². The van der Waals surface area contributed by atoms with Crippen LogP contribution in [0.2, 0.25) is 0 Å². The minimum Gasteiger partial charge on any atom is -0.497 e. The average molecular weight is 850 g/mol. The summed E-state index contributed by atoms with van der Waals surface area (Å²) >= 11 is 1.48. The number of nitrogens with zero attached hydrogens (tertiary/aromatic N) is 5. The van der Waals surface area contributed by atoms with Crippen molar-refractivity contribution in [1.82, 2.24) is 29.8 Å². The van der Waals surface area contributed by atoms with Gasteiger partial charge in [-0.2, -0.15) is 0 Å². The monoisotopic (exact) mass is 849 g/mol. The standard InChI is InChI=1S/C42H55N7O8S2/c1-8-25-22-42(25,39(53)46-59(54,55)28-13-14-28)45-37(51)34-19-27(23-49(34)38(52)30(41(2,3)4)20-36(50)48-16-10-9-11-17-48)57-35-21-32(33-24-58-40(44-33)47(5)6)43-31-18-26(56-7)12-15-29(31)35/h8,12,15,18,21,24-25,27-28,30,34H,1,9-11,13-14,16-17,19-20,22-23H2,2-7H3,(H,45,51)(H,46,53)/t25?,27-,30-,34+,42-/m1/s1. The maximum Gasteiger partial charge on any atom is 0.259 e. The quantitative estimate of drug-likeness (QED) is 0.218. The van der Waals surface area contributed by atoms with E-state index in [1.165, 1.54) is 22.3 Å². The highest BCUT2D eigenvalue weighted by Crippen LogP contribution is 2.46. The van der Waals surface area contributed by atoms with Crippen LogP contribution in [-0.4, -0.2) is 116 Å². The van der Waals surface area contributed by atoms with Crippen molar-refractivity contribution >= 4 is 61.0 Å². The molecule has 59 heavy (non-hydrogen) atoms. The molecular formula is C42H55N7O8S2. The van der Waals surface area contributed by atoms with Gasteiger partial charge in [-0.15, -0.1) is 17.9 Å². The van der Waals surface area contributed by atoms with E-state index in [2.05, 4.69) is 16.6 Å². The third-order valence-electron chi connectivity index (χ3n) is 11.9. The van der Waals surface area contributed by atoms with Crippen LogP contribution >= 0.6 is 11.3 Å². The lowest BCUT2D eigenvalue weighted by Gasteiger charge is -2.36. The normalized spacial score (nSPS) is 23.7. The van der Waals surface area contributed by atoms with Gasteiger partial charge in [0.1, 0.15) is 34.9 Å². The summed E-state index contributed by atoms with van der Waals surface area (Å²) < 4.78 is 40.1. The number of hydrogen-bond acceptors (Lipinski definition) is 12. The molecule has 318 valence electrons. The van der Waals surface area contributed by atoms with E-state index in [4.69, 9.17) is 19.4 Å². The van der Waals surface area contributed by atoms with Gasteiger partial charge in [0.2, 0.25) is 27.7 Å². The second kappa shape index (κ2) is 16.4. The van der Waals surface area contributed by atoms with E-state index in [1.54, 1.807) is 25.3 Å². The Hall–Kier alpha value is -4.77. The Bertz CT molecular complexity index is 2250. The number of benzene rings is 1. The SMILES string of the molecule is C=CC1C[C@]1(NC(=O)[C@@H]1C[C@@H](Oc2cc(-c3csc(N(C)C)n3)nc3cc(OC)ccc23)CN1C(=O)[C@@H](CC(=O)N1CCCCC1)C(C)(C)C)C(=O)NS(=O)(=O)C1CC1. The first kappa shape index (κ1) is 42.4. The summed E-state index contributed by atoms with van der Waals surface area (Å²) in [6.45, 7) is 10.9. The number of rotatable bonds is 14. The predicted molar refractivity (Wildman–Crippen MR) is 226 cm³/mol. The molecule has 2 N–H and O–H groups in total. The van der Waals surface area contributed by atoms with Crippen LogP contribution in [0.5, 0.6) is 11.5 Å². The van der Waals surface area contributed by atoms with Crippen LogP contribution in [0.15, 0.2) is 42.3 Å². The summed E-state index contributed by atoms with van der Waals surface area (Å²) in [7, 11) is 1.49. The molecule has 2 saturated carbocycles. The van der Waals surface area contributed by atoms with Crippen LogP contribution in [-0.2, 0) is 29.2 Å². The van der Waals surface area contributed by atoms with E-state index < -0.39 is 62.0 Å². The number of methoxy groups -OCH3 is 1. The van der Waals surface area contributed by atoms with Crippen molar-refractivity contribution in [1.29, 1.82) is 0 Å². The van der Waals surface area contributed by atoms with E-state index in [1.807, 2.05) is 56.1 Å². The number of fused-ring (bicyclic) bond motifs is 1. The maximum absolute atomic E-state index is 14.9. The van der Waals surface area contributed by atoms with Crippen molar-refractivity contribution in [2.45, 2.75) is 95.1 Å². The van der Waals surface area contributed by atoms with Gasteiger partial charge >= 0.3 is 0 Å². The molecule has 4 amide bonds. The number of pyridine rings is 1. The highest BCUT2D eigenvalue weighted by Gasteiger charge is 2.62. The van der Waals surface area contributed by atoms with Gasteiger partial charge in [0.05, 0.1) is 36.0 Å². The number of sulfonamides is 1. The Kier molecular flexibility index (Phi) is 11.7. The molecule has 3 aromatic rings. The number of anilines is 1. The minimum atomic E-state index is -3.91. The fourth-order valence-corrected chi connectivity index (χ4v) is 10.2. The van der Waals surface area contributed by atoms with Crippen molar-refractivity contribution in [2.24, 2.45) is 17.3 Å². The molecule has 4 aliphatic rings. The van der Waals surface area contributed by atoms with Gasteiger partial charge in [0.25, 0.3) is 5.91 Å². The predicted octanol–water partition coefficient (Wildman–Crippen LogP) is 4.52. The highest BCUT2D eigenvalue weighted by atomic mass is 32.2. The molecule has 15 nitrogen and oxygen atoms in total. The summed E-state index contributed by atoms with van der Waals surface area (Å²) in [6, 6.07) is 6.15. The Balaban J connectivity index is 1.22. The van der Waals surface area contributed by atoms with E-state index in [-0.39, 0.29) is 37.6 Å². The highest BCUT2D eigenvalue weighted by molar-refractivity contribution is 7.91. The molecule has 0 spiro atoms. The smallest absolute Gasteiger partial charge is 0.259 e. The first-order valence-corrected chi connectivity index (χ1v) is 22.7. The van der Waals surface area contributed by atoms with Gasteiger partial charge in [-0.05, 0) is 56.1 Å². The van der Waals surface area contributed by atoms with E-state index in [0.29, 0.717) is 59.7 Å². The largest absolute Gasteiger partial charge is 0.497 e. The Labute approximate surface area is 349 Å².